The maximum atomic E-state index is 9.85. The standard InChI is InChI=1S/C19H16N4/c20-10-16-18(23)15-9-5-4-8-14(15)17(19(16,11-21)12-22)13-6-2-1-3-7-13/h1-3,6-7,9,14,17H,4-5,8,23H2/t14-,17-/m0/s1. The Balaban J connectivity index is 2.34. The summed E-state index contributed by atoms with van der Waals surface area (Å²) in [7, 11) is 0. The van der Waals surface area contributed by atoms with E-state index in [2.05, 4.69) is 18.2 Å². The number of hydrogen-bond acceptors (Lipinski definition) is 4. The van der Waals surface area contributed by atoms with E-state index in [-0.39, 0.29) is 17.4 Å². The molecule has 0 radical (unpaired) electrons. The number of nitrogens with two attached hydrogens (primary N) is 1. The van der Waals surface area contributed by atoms with Crippen LogP contribution in [0.5, 0.6) is 0 Å². The van der Waals surface area contributed by atoms with Gasteiger partial charge in [-0.15, -0.1) is 0 Å². The highest BCUT2D eigenvalue weighted by Crippen LogP contribution is 2.55. The third-order valence-corrected chi connectivity index (χ3v) is 4.95. The summed E-state index contributed by atoms with van der Waals surface area (Å²) in [6, 6.07) is 15.9. The Morgan fingerprint density at radius 1 is 1.09 bits per heavy atom. The first-order valence-corrected chi connectivity index (χ1v) is 7.67. The van der Waals surface area contributed by atoms with Crippen molar-refractivity contribution in [1.82, 2.24) is 0 Å². The third kappa shape index (κ3) is 2.02. The first-order valence-electron chi connectivity index (χ1n) is 7.67. The summed E-state index contributed by atoms with van der Waals surface area (Å²) >= 11 is 0. The molecule has 0 saturated heterocycles. The number of rotatable bonds is 1. The molecule has 0 unspecified atom stereocenters. The molecule has 0 fully saturated rings. The molecule has 0 spiro atoms. The first kappa shape index (κ1) is 14.9. The molecule has 0 aromatic heterocycles. The maximum Gasteiger partial charge on any atom is 0.187 e. The van der Waals surface area contributed by atoms with E-state index in [1.165, 1.54) is 0 Å². The molecule has 0 bridgehead atoms. The summed E-state index contributed by atoms with van der Waals surface area (Å²) in [5.41, 5.74) is 6.94. The van der Waals surface area contributed by atoms with Crippen molar-refractivity contribution in [2.45, 2.75) is 25.2 Å². The lowest BCUT2D eigenvalue weighted by atomic mass is 9.56. The van der Waals surface area contributed by atoms with E-state index in [1.807, 2.05) is 36.4 Å². The maximum absolute atomic E-state index is 9.85. The molecular formula is C19H16N4. The molecule has 112 valence electrons. The minimum Gasteiger partial charge on any atom is -0.398 e. The molecule has 0 heterocycles. The van der Waals surface area contributed by atoms with Gasteiger partial charge in [0.2, 0.25) is 0 Å². The van der Waals surface area contributed by atoms with E-state index < -0.39 is 5.41 Å². The molecule has 0 aliphatic heterocycles. The third-order valence-electron chi connectivity index (χ3n) is 4.95. The lowest BCUT2D eigenvalue weighted by Gasteiger charge is -2.43. The average Bonchev–Trinajstić information content (AvgIpc) is 2.62. The highest BCUT2D eigenvalue weighted by Gasteiger charge is 2.54. The van der Waals surface area contributed by atoms with Crippen LogP contribution in [0, 0.1) is 45.3 Å². The van der Waals surface area contributed by atoms with Crippen LogP contribution >= 0.6 is 0 Å². The lowest BCUT2D eigenvalue weighted by molar-refractivity contribution is 0.322. The first-order chi connectivity index (χ1) is 11.2. The minimum absolute atomic E-state index is 0.00236. The summed E-state index contributed by atoms with van der Waals surface area (Å²) in [5, 5.41) is 29.3. The van der Waals surface area contributed by atoms with Gasteiger partial charge >= 0.3 is 0 Å². The SMILES string of the molecule is N#CC1=C(N)C2=CCCC[C@@H]2[C@H](c2ccccc2)C1(C#N)C#N. The second-order valence-electron chi connectivity index (χ2n) is 6.02. The smallest absolute Gasteiger partial charge is 0.187 e. The number of allylic oxidation sites excluding steroid dienone is 3. The van der Waals surface area contributed by atoms with E-state index in [0.717, 1.165) is 30.4 Å². The molecule has 4 nitrogen and oxygen atoms in total. The molecule has 1 aromatic rings. The van der Waals surface area contributed by atoms with Gasteiger partial charge in [-0.3, -0.25) is 0 Å². The molecule has 0 saturated carbocycles. The number of benzene rings is 1. The fourth-order valence-corrected chi connectivity index (χ4v) is 3.94. The second kappa shape index (κ2) is 5.64. The van der Waals surface area contributed by atoms with Crippen LogP contribution in [0.2, 0.25) is 0 Å². The summed E-state index contributed by atoms with van der Waals surface area (Å²) in [5.74, 6) is -0.366. The van der Waals surface area contributed by atoms with Crippen molar-refractivity contribution in [3.63, 3.8) is 0 Å². The molecule has 2 atom stereocenters. The second-order valence-corrected chi connectivity index (χ2v) is 6.02. The van der Waals surface area contributed by atoms with E-state index in [1.54, 1.807) is 0 Å². The van der Waals surface area contributed by atoms with Gasteiger partial charge in [0.25, 0.3) is 0 Å². The Labute approximate surface area is 135 Å². The van der Waals surface area contributed by atoms with E-state index in [4.69, 9.17) is 5.73 Å². The predicted octanol–water partition coefficient (Wildman–Crippen LogP) is 3.28. The zero-order chi connectivity index (χ0) is 16.4. The van der Waals surface area contributed by atoms with Gasteiger partial charge in [-0.05, 0) is 36.3 Å². The van der Waals surface area contributed by atoms with Gasteiger partial charge in [0, 0.05) is 5.92 Å². The zero-order valence-corrected chi connectivity index (χ0v) is 12.7. The van der Waals surface area contributed by atoms with Crippen molar-refractivity contribution in [1.29, 1.82) is 15.8 Å². The van der Waals surface area contributed by atoms with Crippen molar-refractivity contribution in [3.05, 3.63) is 58.8 Å². The minimum atomic E-state index is -1.53. The molecule has 1 aromatic carbocycles. The van der Waals surface area contributed by atoms with Gasteiger partial charge in [-0.2, -0.15) is 15.8 Å². The van der Waals surface area contributed by atoms with E-state index >= 15 is 0 Å². The van der Waals surface area contributed by atoms with Gasteiger partial charge < -0.3 is 5.73 Å². The fraction of sp³-hybridized carbons (Fsp3) is 0.316. The van der Waals surface area contributed by atoms with Crippen LogP contribution in [0.4, 0.5) is 0 Å². The monoisotopic (exact) mass is 300 g/mol. The van der Waals surface area contributed by atoms with Crippen LogP contribution in [0.3, 0.4) is 0 Å². The molecule has 23 heavy (non-hydrogen) atoms. The normalized spacial score (nSPS) is 25.3. The topological polar surface area (TPSA) is 97.4 Å². The average molecular weight is 300 g/mol. The summed E-state index contributed by atoms with van der Waals surface area (Å²) in [6.07, 6.45) is 4.85. The Hall–Kier alpha value is -3.03. The van der Waals surface area contributed by atoms with Crippen molar-refractivity contribution >= 4 is 0 Å². The van der Waals surface area contributed by atoms with Crippen LogP contribution in [0.15, 0.2) is 53.3 Å². The highest BCUT2D eigenvalue weighted by molar-refractivity contribution is 5.58. The summed E-state index contributed by atoms with van der Waals surface area (Å²) in [6.45, 7) is 0. The van der Waals surface area contributed by atoms with Crippen molar-refractivity contribution in [2.24, 2.45) is 17.1 Å². The van der Waals surface area contributed by atoms with Gasteiger partial charge in [0.05, 0.1) is 29.5 Å². The quantitative estimate of drug-likeness (QED) is 0.860. The molecule has 2 N–H and O–H groups in total. The van der Waals surface area contributed by atoms with Gasteiger partial charge in [0.15, 0.2) is 5.41 Å². The van der Waals surface area contributed by atoms with Crippen molar-refractivity contribution < 1.29 is 0 Å². The molecule has 4 heteroatoms. The van der Waals surface area contributed by atoms with Crippen LogP contribution in [-0.4, -0.2) is 0 Å². The predicted molar refractivity (Wildman–Crippen MR) is 85.1 cm³/mol. The molecule has 0 amide bonds. The fourth-order valence-electron chi connectivity index (χ4n) is 3.94. The number of fused-ring (bicyclic) bond motifs is 1. The Bertz CT molecular complexity index is 798. The highest BCUT2D eigenvalue weighted by atomic mass is 14.7. The van der Waals surface area contributed by atoms with Crippen molar-refractivity contribution in [2.75, 3.05) is 0 Å². The molecular weight excluding hydrogens is 284 g/mol. The number of hydrogen-bond donors (Lipinski definition) is 1. The van der Waals surface area contributed by atoms with Gasteiger partial charge in [-0.1, -0.05) is 36.4 Å². The van der Waals surface area contributed by atoms with Gasteiger partial charge in [-0.25, -0.2) is 0 Å². The Kier molecular flexibility index (Phi) is 3.65. The summed E-state index contributed by atoms with van der Waals surface area (Å²) < 4.78 is 0. The molecule has 2 aliphatic carbocycles. The number of nitriles is 3. The van der Waals surface area contributed by atoms with E-state index in [9.17, 15) is 15.8 Å². The van der Waals surface area contributed by atoms with Crippen LogP contribution in [-0.2, 0) is 0 Å². The van der Waals surface area contributed by atoms with Crippen LogP contribution in [0.1, 0.15) is 30.7 Å². The van der Waals surface area contributed by atoms with Crippen molar-refractivity contribution in [3.8, 4) is 18.2 Å². The lowest BCUT2D eigenvalue weighted by Crippen LogP contribution is -2.41. The molecule has 2 aliphatic rings. The van der Waals surface area contributed by atoms with Crippen LogP contribution < -0.4 is 5.73 Å². The Morgan fingerprint density at radius 2 is 1.78 bits per heavy atom. The zero-order valence-electron chi connectivity index (χ0n) is 12.7. The molecule has 3 rings (SSSR count). The van der Waals surface area contributed by atoms with Crippen LogP contribution in [0.25, 0.3) is 0 Å². The van der Waals surface area contributed by atoms with E-state index in [0.29, 0.717) is 5.70 Å². The van der Waals surface area contributed by atoms with Gasteiger partial charge in [0.1, 0.15) is 0 Å². The Morgan fingerprint density at radius 3 is 2.39 bits per heavy atom. The largest absolute Gasteiger partial charge is 0.398 e. The summed E-state index contributed by atoms with van der Waals surface area (Å²) in [4.78, 5) is 0. The number of nitrogens with zero attached hydrogens (tertiary/aromatic N) is 3.